The quantitative estimate of drug-likeness (QED) is 0.807. The fourth-order valence-electron chi connectivity index (χ4n) is 1.70. The topological polar surface area (TPSA) is 72.5 Å². The Morgan fingerprint density at radius 1 is 1.38 bits per heavy atom. The zero-order valence-corrected chi connectivity index (χ0v) is 9.64. The van der Waals surface area contributed by atoms with E-state index in [4.69, 9.17) is 5.73 Å². The average Bonchev–Trinajstić information content (AvgIpc) is 2.85. The minimum atomic E-state index is -0.357. The minimum absolute atomic E-state index is 0.357. The Bertz CT molecular complexity index is 435. The number of nitrogens with two attached hydrogens (primary N) is 1. The molecule has 0 aliphatic rings. The molecule has 5 nitrogen and oxygen atoms in total. The van der Waals surface area contributed by atoms with Crippen molar-refractivity contribution in [3.05, 3.63) is 36.4 Å². The largest absolute Gasteiger partial charge is 0.348 e. The predicted molar refractivity (Wildman–Crippen MR) is 61.7 cm³/mol. The molecular weight excluding hydrogens is 202 g/mol. The van der Waals surface area contributed by atoms with Crippen LogP contribution < -0.4 is 5.73 Å². The summed E-state index contributed by atoms with van der Waals surface area (Å²) in [5.74, 6) is 0. The van der Waals surface area contributed by atoms with Crippen molar-refractivity contribution < 1.29 is 0 Å². The first-order chi connectivity index (χ1) is 7.57. The molecule has 5 heteroatoms. The average molecular weight is 219 g/mol. The third-order valence-corrected chi connectivity index (χ3v) is 2.55. The summed E-state index contributed by atoms with van der Waals surface area (Å²) in [7, 11) is 0. The summed E-state index contributed by atoms with van der Waals surface area (Å²) >= 11 is 0. The van der Waals surface area contributed by atoms with Gasteiger partial charge in [-0.2, -0.15) is 0 Å². The molecule has 0 aliphatic carbocycles. The summed E-state index contributed by atoms with van der Waals surface area (Å²) in [4.78, 5) is 11.2. The van der Waals surface area contributed by atoms with E-state index in [0.717, 1.165) is 24.4 Å². The summed E-state index contributed by atoms with van der Waals surface area (Å²) < 4.78 is 2.08. The van der Waals surface area contributed by atoms with Crippen molar-refractivity contribution in [1.82, 2.24) is 19.5 Å². The molecule has 0 radical (unpaired) electrons. The molecule has 0 spiro atoms. The van der Waals surface area contributed by atoms with E-state index >= 15 is 0 Å². The number of rotatable bonds is 4. The highest BCUT2D eigenvalue weighted by molar-refractivity contribution is 5.10. The lowest BCUT2D eigenvalue weighted by atomic mass is 10.0. The van der Waals surface area contributed by atoms with Crippen LogP contribution in [0.5, 0.6) is 0 Å². The molecule has 0 fully saturated rings. The first kappa shape index (κ1) is 10.9. The van der Waals surface area contributed by atoms with Gasteiger partial charge in [0.1, 0.15) is 0 Å². The Labute approximate surface area is 94.7 Å². The van der Waals surface area contributed by atoms with Crippen molar-refractivity contribution in [3.8, 4) is 0 Å². The van der Waals surface area contributed by atoms with Crippen LogP contribution in [-0.2, 0) is 18.5 Å². The van der Waals surface area contributed by atoms with Crippen molar-refractivity contribution >= 4 is 0 Å². The minimum Gasteiger partial charge on any atom is -0.348 e. The Kier molecular flexibility index (Phi) is 2.78. The highest BCUT2D eigenvalue weighted by Crippen LogP contribution is 2.16. The summed E-state index contributed by atoms with van der Waals surface area (Å²) in [5, 5.41) is 0. The maximum absolute atomic E-state index is 6.07. The molecule has 0 saturated carbocycles. The van der Waals surface area contributed by atoms with E-state index in [2.05, 4.69) is 19.5 Å². The number of imidazole rings is 2. The number of hydrogen-bond donors (Lipinski definition) is 2. The maximum atomic E-state index is 6.07. The van der Waals surface area contributed by atoms with Crippen LogP contribution in [0.2, 0.25) is 0 Å². The molecule has 0 aromatic carbocycles. The fourth-order valence-corrected chi connectivity index (χ4v) is 1.70. The second-order valence-corrected chi connectivity index (χ2v) is 4.52. The smallest absolute Gasteiger partial charge is 0.0948 e. The lowest BCUT2D eigenvalue weighted by Gasteiger charge is -2.20. The fraction of sp³-hybridized carbons (Fsp3) is 0.455. The molecule has 0 atom stereocenters. The number of hydrogen-bond acceptors (Lipinski definition) is 3. The van der Waals surface area contributed by atoms with Crippen LogP contribution in [0.4, 0.5) is 0 Å². The molecule has 3 N–H and O–H groups in total. The third-order valence-electron chi connectivity index (χ3n) is 2.55. The Balaban J connectivity index is 2.08. The van der Waals surface area contributed by atoms with Crippen molar-refractivity contribution in [3.63, 3.8) is 0 Å². The summed E-state index contributed by atoms with van der Waals surface area (Å²) in [6.45, 7) is 4.82. The molecule has 2 aromatic rings. The van der Waals surface area contributed by atoms with Gasteiger partial charge in [-0.25, -0.2) is 9.97 Å². The number of aromatic amines is 1. The molecule has 0 unspecified atom stereocenters. The van der Waals surface area contributed by atoms with Gasteiger partial charge in [-0.3, -0.25) is 0 Å². The molecule has 16 heavy (non-hydrogen) atoms. The van der Waals surface area contributed by atoms with Gasteiger partial charge in [0, 0.05) is 31.1 Å². The van der Waals surface area contributed by atoms with Gasteiger partial charge >= 0.3 is 0 Å². The van der Waals surface area contributed by atoms with Gasteiger partial charge in [-0.1, -0.05) is 0 Å². The number of nitrogens with zero attached hydrogens (tertiary/aromatic N) is 3. The third kappa shape index (κ3) is 2.30. The number of aryl methyl sites for hydroxylation is 2. The Morgan fingerprint density at radius 3 is 2.81 bits per heavy atom. The van der Waals surface area contributed by atoms with Gasteiger partial charge in [0.25, 0.3) is 0 Å². The molecule has 2 aromatic heterocycles. The summed E-state index contributed by atoms with van der Waals surface area (Å²) in [6.07, 6.45) is 8.08. The Morgan fingerprint density at radius 2 is 2.19 bits per heavy atom. The SMILES string of the molecule is CC(C)(N)c1cncn1CCc1cnc[nH]1. The highest BCUT2D eigenvalue weighted by Gasteiger charge is 2.18. The number of aromatic nitrogens is 4. The zero-order valence-electron chi connectivity index (χ0n) is 9.64. The molecule has 0 amide bonds. The predicted octanol–water partition coefficient (Wildman–Crippen LogP) is 1.04. The van der Waals surface area contributed by atoms with Gasteiger partial charge in [-0.15, -0.1) is 0 Å². The van der Waals surface area contributed by atoms with Crippen LogP contribution in [0.15, 0.2) is 25.0 Å². The lowest BCUT2D eigenvalue weighted by molar-refractivity contribution is 0.491. The van der Waals surface area contributed by atoms with E-state index in [-0.39, 0.29) is 5.54 Å². The van der Waals surface area contributed by atoms with Gasteiger partial charge in [0.2, 0.25) is 0 Å². The summed E-state index contributed by atoms with van der Waals surface area (Å²) in [6, 6.07) is 0. The van der Waals surface area contributed by atoms with Crippen molar-refractivity contribution in [2.45, 2.75) is 32.4 Å². The van der Waals surface area contributed by atoms with Gasteiger partial charge < -0.3 is 15.3 Å². The molecule has 86 valence electrons. The van der Waals surface area contributed by atoms with Crippen LogP contribution in [0.3, 0.4) is 0 Å². The van der Waals surface area contributed by atoms with Crippen LogP contribution in [0, 0.1) is 0 Å². The van der Waals surface area contributed by atoms with Crippen molar-refractivity contribution in [2.75, 3.05) is 0 Å². The second kappa shape index (κ2) is 4.09. The van der Waals surface area contributed by atoms with Gasteiger partial charge in [-0.05, 0) is 13.8 Å². The van der Waals surface area contributed by atoms with E-state index in [1.165, 1.54) is 0 Å². The van der Waals surface area contributed by atoms with Crippen LogP contribution in [-0.4, -0.2) is 19.5 Å². The summed E-state index contributed by atoms with van der Waals surface area (Å²) in [5.41, 5.74) is 7.88. The zero-order chi connectivity index (χ0) is 11.6. The first-order valence-corrected chi connectivity index (χ1v) is 5.34. The molecule has 2 rings (SSSR count). The van der Waals surface area contributed by atoms with E-state index in [9.17, 15) is 0 Å². The second-order valence-electron chi connectivity index (χ2n) is 4.52. The van der Waals surface area contributed by atoms with Gasteiger partial charge in [0.15, 0.2) is 0 Å². The van der Waals surface area contributed by atoms with Crippen molar-refractivity contribution in [1.29, 1.82) is 0 Å². The van der Waals surface area contributed by atoms with Gasteiger partial charge in [0.05, 0.1) is 23.9 Å². The van der Waals surface area contributed by atoms with E-state index in [1.807, 2.05) is 32.6 Å². The Hall–Kier alpha value is -1.62. The first-order valence-electron chi connectivity index (χ1n) is 5.34. The normalized spacial score (nSPS) is 11.9. The van der Waals surface area contributed by atoms with E-state index in [1.54, 1.807) is 6.33 Å². The standard InChI is InChI=1S/C11H17N5/c1-11(2,12)10-6-14-8-16(10)4-3-9-5-13-7-15-9/h5-8H,3-4,12H2,1-2H3,(H,13,15). The van der Waals surface area contributed by atoms with Crippen LogP contribution in [0.25, 0.3) is 0 Å². The molecular formula is C11H17N5. The van der Waals surface area contributed by atoms with E-state index < -0.39 is 0 Å². The number of H-pyrrole nitrogens is 1. The molecule has 0 bridgehead atoms. The van der Waals surface area contributed by atoms with E-state index in [0.29, 0.717) is 0 Å². The monoisotopic (exact) mass is 219 g/mol. The van der Waals surface area contributed by atoms with Crippen molar-refractivity contribution in [2.24, 2.45) is 5.73 Å². The number of nitrogens with one attached hydrogen (secondary N) is 1. The molecule has 0 saturated heterocycles. The molecule has 0 aliphatic heterocycles. The lowest BCUT2D eigenvalue weighted by Crippen LogP contribution is -2.31. The highest BCUT2D eigenvalue weighted by atomic mass is 15.1. The maximum Gasteiger partial charge on any atom is 0.0948 e. The van der Waals surface area contributed by atoms with Crippen LogP contribution >= 0.6 is 0 Å². The molecule has 2 heterocycles. The van der Waals surface area contributed by atoms with Crippen LogP contribution in [0.1, 0.15) is 25.2 Å².